The summed E-state index contributed by atoms with van der Waals surface area (Å²) in [5.41, 5.74) is 0.939. The monoisotopic (exact) mass is 419 g/mol. The number of benzene rings is 1. The van der Waals surface area contributed by atoms with Crippen LogP contribution < -0.4 is 14.8 Å². The van der Waals surface area contributed by atoms with E-state index in [0.29, 0.717) is 42.6 Å². The van der Waals surface area contributed by atoms with Gasteiger partial charge in [-0.25, -0.2) is 9.69 Å². The van der Waals surface area contributed by atoms with E-state index in [4.69, 9.17) is 9.47 Å². The lowest BCUT2D eigenvalue weighted by Gasteiger charge is -2.17. The summed E-state index contributed by atoms with van der Waals surface area (Å²) < 4.78 is 11.1. The number of ether oxygens (including phenoxy) is 2. The van der Waals surface area contributed by atoms with Gasteiger partial charge in [-0.15, -0.1) is 0 Å². The van der Waals surface area contributed by atoms with Crippen molar-refractivity contribution in [2.45, 2.75) is 34.1 Å². The quantitative estimate of drug-likeness (QED) is 0.431. The van der Waals surface area contributed by atoms with E-state index in [-0.39, 0.29) is 12.5 Å². The smallest absolute Gasteiger partial charge is 0.334 e. The van der Waals surface area contributed by atoms with Crippen molar-refractivity contribution in [3.8, 4) is 11.5 Å². The van der Waals surface area contributed by atoms with Crippen LogP contribution in [0, 0.1) is 5.92 Å². The standard InChI is InChI=1S/C21H29N3O6/c1-5-29-16-8-7-15(11-17(16)30-6-2)9-10-22-18(25)13-24-20(27)19(26)23(21(24)28)12-14(3)4/h7-8,11,14H,5-6,9-10,12-13H2,1-4H3,(H,22,25). The largest absolute Gasteiger partial charge is 0.490 e. The summed E-state index contributed by atoms with van der Waals surface area (Å²) in [7, 11) is 0. The Hall–Kier alpha value is -3.10. The van der Waals surface area contributed by atoms with Gasteiger partial charge in [-0.1, -0.05) is 19.9 Å². The molecule has 1 N–H and O–H groups in total. The molecular weight excluding hydrogens is 390 g/mol. The van der Waals surface area contributed by atoms with Crippen molar-refractivity contribution in [1.82, 2.24) is 15.1 Å². The second-order valence-corrected chi connectivity index (χ2v) is 7.23. The lowest BCUT2D eigenvalue weighted by molar-refractivity contribution is -0.144. The number of nitrogens with zero attached hydrogens (tertiary/aromatic N) is 2. The Morgan fingerprint density at radius 1 is 1.00 bits per heavy atom. The van der Waals surface area contributed by atoms with Gasteiger partial charge in [0, 0.05) is 13.1 Å². The van der Waals surface area contributed by atoms with E-state index >= 15 is 0 Å². The van der Waals surface area contributed by atoms with E-state index in [1.165, 1.54) is 0 Å². The van der Waals surface area contributed by atoms with Crippen molar-refractivity contribution in [1.29, 1.82) is 0 Å². The van der Waals surface area contributed by atoms with Crippen molar-refractivity contribution in [3.05, 3.63) is 23.8 Å². The molecule has 0 unspecified atom stereocenters. The van der Waals surface area contributed by atoms with E-state index in [1.807, 2.05) is 45.9 Å². The minimum atomic E-state index is -0.969. The van der Waals surface area contributed by atoms with Gasteiger partial charge in [0.15, 0.2) is 11.5 Å². The summed E-state index contributed by atoms with van der Waals surface area (Å²) in [6.45, 7) is 8.44. The minimum absolute atomic E-state index is 0.0233. The SMILES string of the molecule is CCOc1ccc(CCNC(=O)CN2C(=O)C(=O)N(CC(C)C)C2=O)cc1OCC. The number of nitrogens with one attached hydrogen (secondary N) is 1. The van der Waals surface area contributed by atoms with E-state index in [9.17, 15) is 19.2 Å². The molecule has 9 heteroatoms. The average Bonchev–Trinajstić information content (AvgIpc) is 2.88. The highest BCUT2D eigenvalue weighted by Crippen LogP contribution is 2.28. The summed E-state index contributed by atoms with van der Waals surface area (Å²) in [5, 5.41) is 2.67. The number of carbonyl (C=O) groups excluding carboxylic acids is 4. The van der Waals surface area contributed by atoms with Crippen molar-refractivity contribution in [3.63, 3.8) is 0 Å². The number of rotatable bonds is 11. The van der Waals surface area contributed by atoms with Crippen LogP contribution in [-0.2, 0) is 20.8 Å². The lowest BCUT2D eigenvalue weighted by Crippen LogP contribution is -2.42. The number of hydrogen-bond acceptors (Lipinski definition) is 6. The lowest BCUT2D eigenvalue weighted by atomic mass is 10.1. The maximum absolute atomic E-state index is 12.3. The second-order valence-electron chi connectivity index (χ2n) is 7.23. The highest BCUT2D eigenvalue weighted by molar-refractivity contribution is 6.45. The molecule has 1 aromatic rings. The van der Waals surface area contributed by atoms with Crippen LogP contribution in [0.25, 0.3) is 0 Å². The fourth-order valence-electron chi connectivity index (χ4n) is 3.01. The molecule has 0 bridgehead atoms. The normalized spacial score (nSPS) is 14.0. The Bertz CT molecular complexity index is 808. The van der Waals surface area contributed by atoms with Gasteiger partial charge in [0.05, 0.1) is 13.2 Å². The van der Waals surface area contributed by atoms with Gasteiger partial charge in [-0.3, -0.25) is 19.3 Å². The third-order valence-electron chi connectivity index (χ3n) is 4.33. The Morgan fingerprint density at radius 2 is 1.63 bits per heavy atom. The summed E-state index contributed by atoms with van der Waals surface area (Å²) in [4.78, 5) is 50.0. The molecule has 0 radical (unpaired) electrons. The Morgan fingerprint density at radius 3 is 2.27 bits per heavy atom. The average molecular weight is 419 g/mol. The Kier molecular flexibility index (Phi) is 8.20. The first-order chi connectivity index (χ1) is 14.3. The third-order valence-corrected chi connectivity index (χ3v) is 4.33. The molecule has 1 fully saturated rings. The molecule has 1 saturated heterocycles. The van der Waals surface area contributed by atoms with Gasteiger partial charge in [-0.05, 0) is 43.9 Å². The first-order valence-electron chi connectivity index (χ1n) is 10.1. The predicted octanol–water partition coefficient (Wildman–Crippen LogP) is 1.59. The number of hydrogen-bond donors (Lipinski definition) is 1. The molecule has 1 aliphatic heterocycles. The highest BCUT2D eigenvalue weighted by atomic mass is 16.5. The van der Waals surface area contributed by atoms with Crippen LogP contribution in [0.5, 0.6) is 11.5 Å². The summed E-state index contributed by atoms with van der Waals surface area (Å²) in [6, 6.07) is 4.82. The van der Waals surface area contributed by atoms with Crippen molar-refractivity contribution in [2.24, 2.45) is 5.92 Å². The molecule has 30 heavy (non-hydrogen) atoms. The predicted molar refractivity (Wildman–Crippen MR) is 109 cm³/mol. The molecule has 1 aliphatic rings. The molecule has 1 aromatic carbocycles. The van der Waals surface area contributed by atoms with Crippen LogP contribution in [0.2, 0.25) is 0 Å². The van der Waals surface area contributed by atoms with E-state index in [2.05, 4.69) is 5.32 Å². The highest BCUT2D eigenvalue weighted by Gasteiger charge is 2.45. The van der Waals surface area contributed by atoms with Crippen molar-refractivity contribution < 1.29 is 28.7 Å². The molecule has 0 aromatic heterocycles. The van der Waals surface area contributed by atoms with Crippen molar-refractivity contribution >= 4 is 23.8 Å². The van der Waals surface area contributed by atoms with Crippen LogP contribution in [0.1, 0.15) is 33.3 Å². The number of carbonyl (C=O) groups is 4. The van der Waals surface area contributed by atoms with Gasteiger partial charge >= 0.3 is 17.8 Å². The maximum Gasteiger partial charge on any atom is 0.334 e. The third kappa shape index (κ3) is 5.71. The molecule has 164 valence electrons. The Labute approximate surface area is 176 Å². The van der Waals surface area contributed by atoms with E-state index in [0.717, 1.165) is 10.5 Å². The summed E-state index contributed by atoms with van der Waals surface area (Å²) in [6.07, 6.45) is 0.526. The van der Waals surface area contributed by atoms with Crippen molar-refractivity contribution in [2.75, 3.05) is 32.8 Å². The van der Waals surface area contributed by atoms with E-state index in [1.54, 1.807) is 0 Å². The van der Waals surface area contributed by atoms with Gasteiger partial charge in [0.1, 0.15) is 6.54 Å². The van der Waals surface area contributed by atoms with Gasteiger partial charge in [0.25, 0.3) is 0 Å². The number of imide groups is 2. The molecule has 1 heterocycles. The molecule has 0 aliphatic carbocycles. The molecule has 0 atom stereocenters. The van der Waals surface area contributed by atoms with E-state index < -0.39 is 30.3 Å². The second kappa shape index (κ2) is 10.6. The fourth-order valence-corrected chi connectivity index (χ4v) is 3.01. The summed E-state index contributed by atoms with van der Waals surface area (Å²) >= 11 is 0. The zero-order chi connectivity index (χ0) is 22.3. The topological polar surface area (TPSA) is 105 Å². The van der Waals surface area contributed by atoms with Gasteiger partial charge in [-0.2, -0.15) is 0 Å². The fraction of sp³-hybridized carbons (Fsp3) is 0.524. The number of amides is 5. The van der Waals surface area contributed by atoms with Crippen LogP contribution in [0.15, 0.2) is 18.2 Å². The maximum atomic E-state index is 12.3. The zero-order valence-electron chi connectivity index (χ0n) is 17.9. The first kappa shape index (κ1) is 23.2. The summed E-state index contributed by atoms with van der Waals surface area (Å²) in [5.74, 6) is -1.04. The van der Waals surface area contributed by atoms with Gasteiger partial charge < -0.3 is 14.8 Å². The minimum Gasteiger partial charge on any atom is -0.490 e. The van der Waals surface area contributed by atoms with Crippen LogP contribution in [0.4, 0.5) is 4.79 Å². The zero-order valence-corrected chi connectivity index (χ0v) is 17.9. The number of urea groups is 1. The Balaban J connectivity index is 1.89. The van der Waals surface area contributed by atoms with Crippen LogP contribution in [0.3, 0.4) is 0 Å². The van der Waals surface area contributed by atoms with Crippen LogP contribution in [-0.4, -0.2) is 66.4 Å². The first-order valence-corrected chi connectivity index (χ1v) is 10.1. The molecular formula is C21H29N3O6. The molecule has 0 saturated carbocycles. The molecule has 2 rings (SSSR count). The molecule has 5 amide bonds. The molecule has 9 nitrogen and oxygen atoms in total. The molecule has 0 spiro atoms. The van der Waals surface area contributed by atoms with Crippen LogP contribution >= 0.6 is 0 Å². The van der Waals surface area contributed by atoms with Gasteiger partial charge in [0.2, 0.25) is 5.91 Å².